The summed E-state index contributed by atoms with van der Waals surface area (Å²) < 4.78 is 31.3. The Labute approximate surface area is 107 Å². The fourth-order valence-electron chi connectivity index (χ4n) is 1.75. The lowest BCUT2D eigenvalue weighted by Gasteiger charge is -2.28. The predicted octanol–water partition coefficient (Wildman–Crippen LogP) is -2.71. The SMILES string of the molecule is CC[C@H](C)[C@H]([NH2+]S(=O)(=O)N1CCOCC1)C(=O)[O-]. The number of nitrogens with two attached hydrogens (primary N) is 1. The summed E-state index contributed by atoms with van der Waals surface area (Å²) in [5.41, 5.74) is 0. The van der Waals surface area contributed by atoms with Gasteiger partial charge in [-0.3, -0.25) is 0 Å². The van der Waals surface area contributed by atoms with Gasteiger partial charge in [-0.15, -0.1) is 0 Å². The molecule has 1 aliphatic heterocycles. The van der Waals surface area contributed by atoms with Crippen LogP contribution in [0, 0.1) is 5.92 Å². The normalized spacial score (nSPS) is 21.4. The maximum absolute atomic E-state index is 12.0. The largest absolute Gasteiger partial charge is 0.544 e. The average Bonchev–Trinajstić information content (AvgIpc) is 2.36. The van der Waals surface area contributed by atoms with Crippen molar-refractivity contribution in [2.24, 2.45) is 5.92 Å². The molecule has 0 amide bonds. The molecule has 1 heterocycles. The van der Waals surface area contributed by atoms with Crippen molar-refractivity contribution in [2.75, 3.05) is 26.3 Å². The second-order valence-electron chi connectivity index (χ2n) is 4.42. The minimum Gasteiger partial charge on any atom is -0.544 e. The van der Waals surface area contributed by atoms with Crippen LogP contribution in [0.15, 0.2) is 0 Å². The van der Waals surface area contributed by atoms with Crippen LogP contribution in [0.4, 0.5) is 0 Å². The highest BCUT2D eigenvalue weighted by atomic mass is 32.2. The van der Waals surface area contributed by atoms with E-state index in [1.54, 1.807) is 6.92 Å². The number of hydrogen-bond donors (Lipinski definition) is 1. The van der Waals surface area contributed by atoms with Crippen LogP contribution in [0.1, 0.15) is 20.3 Å². The van der Waals surface area contributed by atoms with Crippen LogP contribution >= 0.6 is 0 Å². The number of rotatable bonds is 6. The Balaban J connectivity index is 2.75. The maximum atomic E-state index is 12.0. The van der Waals surface area contributed by atoms with E-state index in [0.29, 0.717) is 19.6 Å². The molecule has 0 bridgehead atoms. The Bertz CT molecular complexity index is 378. The minimum absolute atomic E-state index is 0.263. The van der Waals surface area contributed by atoms with Gasteiger partial charge in [0.2, 0.25) is 0 Å². The third-order valence-corrected chi connectivity index (χ3v) is 4.90. The summed E-state index contributed by atoms with van der Waals surface area (Å²) in [6.45, 7) is 4.72. The number of carboxylic acids is 1. The average molecular weight is 280 g/mol. The Morgan fingerprint density at radius 3 is 2.44 bits per heavy atom. The molecule has 7 nitrogen and oxygen atoms in total. The standard InChI is InChI=1S/C10H20N2O5S/c1-3-8(2)9(10(13)14)11-18(15,16)12-4-6-17-7-5-12/h8-9,11H,3-7H2,1-2H3,(H,13,14)/t8-,9-/m0/s1. The first-order valence-corrected chi connectivity index (χ1v) is 7.52. The van der Waals surface area contributed by atoms with Crippen molar-refractivity contribution in [1.29, 1.82) is 0 Å². The second-order valence-corrected chi connectivity index (χ2v) is 6.24. The Kier molecular flexibility index (Phi) is 5.51. The van der Waals surface area contributed by atoms with Crippen molar-refractivity contribution >= 4 is 16.2 Å². The molecule has 1 rings (SSSR count). The number of carbonyl (C=O) groups is 1. The highest BCUT2D eigenvalue weighted by Gasteiger charge is 2.33. The first-order chi connectivity index (χ1) is 8.38. The maximum Gasteiger partial charge on any atom is 0.370 e. The highest BCUT2D eigenvalue weighted by molar-refractivity contribution is 7.82. The van der Waals surface area contributed by atoms with Crippen LogP contribution in [0.25, 0.3) is 0 Å². The fraction of sp³-hybridized carbons (Fsp3) is 0.900. The van der Waals surface area contributed by atoms with E-state index in [0.717, 1.165) is 4.72 Å². The summed E-state index contributed by atoms with van der Waals surface area (Å²) in [5.74, 6) is -1.62. The molecule has 18 heavy (non-hydrogen) atoms. The van der Waals surface area contributed by atoms with Gasteiger partial charge in [0, 0.05) is 19.0 Å². The zero-order valence-electron chi connectivity index (χ0n) is 10.7. The molecule has 8 heteroatoms. The van der Waals surface area contributed by atoms with E-state index in [2.05, 4.69) is 0 Å². The van der Waals surface area contributed by atoms with Crippen LogP contribution in [-0.2, 0) is 19.7 Å². The molecule has 0 aliphatic carbocycles. The molecular weight excluding hydrogens is 260 g/mol. The lowest BCUT2D eigenvalue weighted by molar-refractivity contribution is -0.552. The summed E-state index contributed by atoms with van der Waals surface area (Å²) in [7, 11) is -3.68. The summed E-state index contributed by atoms with van der Waals surface area (Å²) in [5, 5.41) is 11.0. The second kappa shape index (κ2) is 6.46. The quantitative estimate of drug-likeness (QED) is 0.570. The van der Waals surface area contributed by atoms with Gasteiger partial charge in [-0.1, -0.05) is 13.8 Å². The van der Waals surface area contributed by atoms with Gasteiger partial charge < -0.3 is 14.6 Å². The lowest BCUT2D eigenvalue weighted by atomic mass is 10.0. The van der Waals surface area contributed by atoms with Crippen molar-refractivity contribution in [3.63, 3.8) is 0 Å². The first-order valence-electron chi connectivity index (χ1n) is 6.02. The topological polar surface area (TPSA) is 103 Å². The molecule has 0 aromatic carbocycles. The zero-order valence-corrected chi connectivity index (χ0v) is 11.5. The molecule has 0 spiro atoms. The summed E-state index contributed by atoms with van der Waals surface area (Å²) in [4.78, 5) is 11.0. The fourth-order valence-corrected chi connectivity index (χ4v) is 3.33. The Morgan fingerprint density at radius 2 is 2.00 bits per heavy atom. The summed E-state index contributed by atoms with van der Waals surface area (Å²) in [6.07, 6.45) is 0.577. The lowest BCUT2D eigenvalue weighted by Crippen LogP contribution is -2.98. The number of quaternary nitrogens is 1. The zero-order chi connectivity index (χ0) is 13.8. The smallest absolute Gasteiger partial charge is 0.370 e. The van der Waals surface area contributed by atoms with Crippen LogP contribution < -0.4 is 9.83 Å². The van der Waals surface area contributed by atoms with E-state index < -0.39 is 22.2 Å². The van der Waals surface area contributed by atoms with E-state index >= 15 is 0 Å². The van der Waals surface area contributed by atoms with Gasteiger partial charge in [0.05, 0.1) is 13.2 Å². The van der Waals surface area contributed by atoms with Crippen LogP contribution in [0.2, 0.25) is 0 Å². The van der Waals surface area contributed by atoms with Gasteiger partial charge in [-0.05, 0) is 6.42 Å². The summed E-state index contributed by atoms with van der Waals surface area (Å²) in [6, 6.07) is -1.08. The third kappa shape index (κ3) is 3.91. The number of hydrogen-bond acceptors (Lipinski definition) is 5. The molecule has 0 aromatic heterocycles. The number of ether oxygens (including phenoxy) is 1. The molecule has 1 aliphatic rings. The van der Waals surface area contributed by atoms with Gasteiger partial charge in [0.1, 0.15) is 12.0 Å². The van der Waals surface area contributed by atoms with E-state index in [1.807, 2.05) is 6.92 Å². The molecule has 2 atom stereocenters. The van der Waals surface area contributed by atoms with E-state index in [1.165, 1.54) is 4.31 Å². The van der Waals surface area contributed by atoms with Gasteiger partial charge in [0.25, 0.3) is 0 Å². The monoisotopic (exact) mass is 280 g/mol. The minimum atomic E-state index is -3.68. The van der Waals surface area contributed by atoms with Gasteiger partial charge in [0.15, 0.2) is 0 Å². The number of aliphatic carboxylic acids is 1. The number of carbonyl (C=O) groups excluding carboxylic acids is 1. The van der Waals surface area contributed by atoms with Crippen LogP contribution in [0.3, 0.4) is 0 Å². The van der Waals surface area contributed by atoms with Gasteiger partial charge in [-0.2, -0.15) is 12.7 Å². The molecule has 0 radical (unpaired) electrons. The van der Waals surface area contributed by atoms with Gasteiger partial charge >= 0.3 is 10.2 Å². The molecule has 0 saturated carbocycles. The van der Waals surface area contributed by atoms with Crippen molar-refractivity contribution in [3.05, 3.63) is 0 Å². The van der Waals surface area contributed by atoms with Gasteiger partial charge in [-0.25, -0.2) is 4.72 Å². The van der Waals surface area contributed by atoms with E-state index in [4.69, 9.17) is 4.74 Å². The number of nitrogens with zero attached hydrogens (tertiary/aromatic N) is 1. The van der Waals surface area contributed by atoms with Crippen molar-refractivity contribution < 1.29 is 27.8 Å². The molecular formula is C10H20N2O5S. The highest BCUT2D eigenvalue weighted by Crippen LogP contribution is 2.05. The van der Waals surface area contributed by atoms with Crippen molar-refractivity contribution in [1.82, 2.24) is 4.31 Å². The first kappa shape index (κ1) is 15.4. The van der Waals surface area contributed by atoms with Crippen molar-refractivity contribution in [2.45, 2.75) is 26.3 Å². The Hall–Kier alpha value is -0.700. The number of morpholine rings is 1. The van der Waals surface area contributed by atoms with Crippen molar-refractivity contribution in [3.8, 4) is 0 Å². The van der Waals surface area contributed by atoms with Crippen LogP contribution in [0.5, 0.6) is 0 Å². The summed E-state index contributed by atoms with van der Waals surface area (Å²) >= 11 is 0. The van der Waals surface area contributed by atoms with E-state index in [-0.39, 0.29) is 19.0 Å². The molecule has 0 aromatic rings. The molecule has 1 fully saturated rings. The predicted molar refractivity (Wildman–Crippen MR) is 61.5 cm³/mol. The number of carboxylic acid groups (broad SMARTS) is 1. The van der Waals surface area contributed by atoms with E-state index in [9.17, 15) is 18.3 Å². The third-order valence-electron chi connectivity index (χ3n) is 3.18. The molecule has 0 unspecified atom stereocenters. The Morgan fingerprint density at radius 1 is 1.44 bits per heavy atom. The van der Waals surface area contributed by atoms with Crippen LogP contribution in [-0.4, -0.2) is 51.0 Å². The molecule has 2 N–H and O–H groups in total. The molecule has 106 valence electrons. The molecule has 1 saturated heterocycles.